The Morgan fingerprint density at radius 2 is 0.707 bits per heavy atom. The molecule has 0 unspecified atom stereocenters. The monoisotopic (exact) mass is 744 g/mol. The predicted octanol–water partition coefficient (Wildman–Crippen LogP) is 15.9. The number of nitrogens with zero attached hydrogens (tertiary/aromatic N) is 2. The lowest BCUT2D eigenvalue weighted by molar-refractivity contribution is 0.867. The second-order valence-corrected chi connectivity index (χ2v) is 17.4. The third-order valence-corrected chi connectivity index (χ3v) is 13.4. The second kappa shape index (κ2) is 11.9. The highest BCUT2D eigenvalue weighted by Gasteiger charge is 2.29. The van der Waals surface area contributed by atoms with Crippen LogP contribution in [0.1, 0.15) is 61.8 Å². The minimum Gasteiger partial charge on any atom is -0.308 e. The Hall–Kier alpha value is -6.64. The molecule has 0 N–H and O–H groups in total. The van der Waals surface area contributed by atoms with Gasteiger partial charge in [-0.15, -0.1) is 0 Å². The molecule has 0 radical (unpaired) electrons. The van der Waals surface area contributed by atoms with E-state index in [1.807, 2.05) is 0 Å². The van der Waals surface area contributed by atoms with E-state index in [9.17, 15) is 0 Å². The van der Waals surface area contributed by atoms with Crippen molar-refractivity contribution in [2.75, 3.05) is 0 Å². The molecule has 0 saturated heterocycles. The average molecular weight is 745 g/mol. The van der Waals surface area contributed by atoms with Gasteiger partial charge in [0.05, 0.1) is 33.1 Å². The van der Waals surface area contributed by atoms with E-state index in [4.69, 9.17) is 0 Å². The van der Waals surface area contributed by atoms with Crippen molar-refractivity contribution < 1.29 is 0 Å². The molecular formula is C56H44N2. The molecule has 278 valence electrons. The fraction of sp³-hybridized carbons (Fsp3) is 0.143. The van der Waals surface area contributed by atoms with Crippen LogP contribution >= 0.6 is 0 Å². The van der Waals surface area contributed by atoms with Gasteiger partial charge in [-0.3, -0.25) is 0 Å². The standard InChI is InChI=1S/C56H44N2/c1-31(2)35-15-17-36(18-16-35)38-20-24-44-48(28-38)58-50-30-40(42-14-10-8-12-34(42)6)22-26-46(50)53-51-43-23-19-37(32(3)4)27-47(43)57-49-29-39(41-13-9-7-11-33(41)5)21-25-45(49)54(55(51)57)52(44)56(53)58/h7-32H,1-6H3. The molecule has 4 heterocycles. The largest absolute Gasteiger partial charge is 0.308 e. The molecule has 0 bridgehead atoms. The highest BCUT2D eigenvalue weighted by Crippen LogP contribution is 2.53. The van der Waals surface area contributed by atoms with E-state index >= 15 is 0 Å². The van der Waals surface area contributed by atoms with Gasteiger partial charge >= 0.3 is 0 Å². The summed E-state index contributed by atoms with van der Waals surface area (Å²) >= 11 is 0. The zero-order valence-electron chi connectivity index (χ0n) is 33.9. The smallest absolute Gasteiger partial charge is 0.0634 e. The molecule has 2 heteroatoms. The van der Waals surface area contributed by atoms with Gasteiger partial charge in [0.2, 0.25) is 0 Å². The van der Waals surface area contributed by atoms with Crippen molar-refractivity contribution in [3.05, 3.63) is 168 Å². The maximum atomic E-state index is 2.62. The van der Waals surface area contributed by atoms with Crippen LogP contribution in [0.3, 0.4) is 0 Å². The summed E-state index contributed by atoms with van der Waals surface area (Å²) in [6.07, 6.45) is 0. The van der Waals surface area contributed by atoms with E-state index in [1.165, 1.54) is 132 Å². The molecule has 0 fully saturated rings. The van der Waals surface area contributed by atoms with Crippen molar-refractivity contribution in [1.82, 2.24) is 8.80 Å². The van der Waals surface area contributed by atoms with E-state index in [-0.39, 0.29) is 0 Å². The number of fused-ring (bicyclic) bond motifs is 14. The number of benzene rings is 8. The van der Waals surface area contributed by atoms with Crippen LogP contribution in [0.15, 0.2) is 146 Å². The Kier molecular flexibility index (Phi) is 6.90. The molecule has 8 aromatic carbocycles. The van der Waals surface area contributed by atoms with Crippen molar-refractivity contribution >= 4 is 76.2 Å². The lowest BCUT2D eigenvalue weighted by Gasteiger charge is -2.09. The predicted molar refractivity (Wildman–Crippen MR) is 250 cm³/mol. The minimum absolute atomic E-state index is 0.424. The maximum Gasteiger partial charge on any atom is 0.0634 e. The van der Waals surface area contributed by atoms with Gasteiger partial charge in [0.1, 0.15) is 0 Å². The molecule has 4 aromatic heterocycles. The van der Waals surface area contributed by atoms with Crippen LogP contribution in [-0.2, 0) is 0 Å². The summed E-state index contributed by atoms with van der Waals surface area (Å²) in [6.45, 7) is 13.6. The van der Waals surface area contributed by atoms with Gasteiger partial charge in [0.25, 0.3) is 0 Å². The minimum atomic E-state index is 0.424. The molecule has 0 aliphatic heterocycles. The topological polar surface area (TPSA) is 8.82 Å². The molecule has 0 saturated carbocycles. The first-order valence-corrected chi connectivity index (χ1v) is 20.9. The molecule has 0 aliphatic carbocycles. The van der Waals surface area contributed by atoms with Gasteiger partial charge in [-0.25, -0.2) is 0 Å². The molecule has 0 atom stereocenters. The third kappa shape index (κ3) is 4.43. The number of aromatic nitrogens is 2. The highest BCUT2D eigenvalue weighted by molar-refractivity contribution is 6.45. The third-order valence-electron chi connectivity index (χ3n) is 13.4. The highest BCUT2D eigenvalue weighted by atomic mass is 14.9. The summed E-state index contributed by atoms with van der Waals surface area (Å²) in [5.74, 6) is 0.922. The van der Waals surface area contributed by atoms with Gasteiger partial charge in [-0.1, -0.05) is 149 Å². The molecule has 12 aromatic rings. The SMILES string of the molecule is Cc1ccccc1-c1ccc2c3c4c5ccc(C(C)C)cc5n5c6cc(-c7ccccc7C)ccc6c(c6c7ccc(-c8ccc(C(C)C)cc8)cc7n(c2c1)c63)c45. The number of hydrogen-bond donors (Lipinski definition) is 0. The number of hydrogen-bond acceptors (Lipinski definition) is 0. The van der Waals surface area contributed by atoms with Gasteiger partial charge in [0, 0.05) is 43.1 Å². The van der Waals surface area contributed by atoms with Gasteiger partial charge in [0.15, 0.2) is 0 Å². The van der Waals surface area contributed by atoms with Gasteiger partial charge in [-0.2, -0.15) is 0 Å². The summed E-state index contributed by atoms with van der Waals surface area (Å²) in [6, 6.07) is 55.6. The Morgan fingerprint density at radius 1 is 0.345 bits per heavy atom. The van der Waals surface area contributed by atoms with E-state index in [1.54, 1.807) is 0 Å². The van der Waals surface area contributed by atoms with Crippen molar-refractivity contribution in [2.24, 2.45) is 0 Å². The van der Waals surface area contributed by atoms with Crippen LogP contribution in [-0.4, -0.2) is 8.80 Å². The Balaban J connectivity index is 1.29. The molecule has 12 rings (SSSR count). The van der Waals surface area contributed by atoms with E-state index < -0.39 is 0 Å². The normalized spacial score (nSPS) is 12.6. The molecular weight excluding hydrogens is 701 g/mol. The average Bonchev–Trinajstić information content (AvgIpc) is 3.96. The van der Waals surface area contributed by atoms with Crippen LogP contribution in [0.4, 0.5) is 0 Å². The van der Waals surface area contributed by atoms with Crippen LogP contribution in [0.25, 0.3) is 110 Å². The zero-order chi connectivity index (χ0) is 39.1. The number of aryl methyl sites for hydroxylation is 2. The second-order valence-electron chi connectivity index (χ2n) is 17.4. The summed E-state index contributed by atoms with van der Waals surface area (Å²) in [4.78, 5) is 0. The number of rotatable bonds is 5. The van der Waals surface area contributed by atoms with Crippen molar-refractivity contribution in [3.8, 4) is 33.4 Å². The summed E-state index contributed by atoms with van der Waals surface area (Å²) < 4.78 is 5.23. The first-order valence-electron chi connectivity index (χ1n) is 20.9. The van der Waals surface area contributed by atoms with E-state index in [0.717, 1.165) is 0 Å². The zero-order valence-corrected chi connectivity index (χ0v) is 33.9. The summed E-state index contributed by atoms with van der Waals surface area (Å²) in [5.41, 5.74) is 20.6. The van der Waals surface area contributed by atoms with Crippen LogP contribution in [0.2, 0.25) is 0 Å². The van der Waals surface area contributed by atoms with Crippen molar-refractivity contribution in [2.45, 2.75) is 53.4 Å². The fourth-order valence-corrected chi connectivity index (χ4v) is 10.4. The van der Waals surface area contributed by atoms with Crippen molar-refractivity contribution in [1.29, 1.82) is 0 Å². The Labute approximate surface area is 338 Å². The summed E-state index contributed by atoms with van der Waals surface area (Å²) in [7, 11) is 0. The lowest BCUT2D eigenvalue weighted by Crippen LogP contribution is -1.88. The molecule has 58 heavy (non-hydrogen) atoms. The quantitative estimate of drug-likeness (QED) is 0.166. The maximum absolute atomic E-state index is 2.62. The Morgan fingerprint density at radius 3 is 1.16 bits per heavy atom. The van der Waals surface area contributed by atoms with E-state index in [2.05, 4.69) is 196 Å². The molecule has 0 spiro atoms. The van der Waals surface area contributed by atoms with Gasteiger partial charge < -0.3 is 8.80 Å². The van der Waals surface area contributed by atoms with Gasteiger partial charge in [-0.05, 0) is 106 Å². The first kappa shape index (κ1) is 33.5. The van der Waals surface area contributed by atoms with E-state index in [0.29, 0.717) is 11.8 Å². The molecule has 0 amide bonds. The fourth-order valence-electron chi connectivity index (χ4n) is 10.4. The van der Waals surface area contributed by atoms with Crippen LogP contribution in [0, 0.1) is 13.8 Å². The lowest BCUT2D eigenvalue weighted by atomic mass is 9.94. The molecule has 0 aliphatic rings. The van der Waals surface area contributed by atoms with Crippen molar-refractivity contribution in [3.63, 3.8) is 0 Å². The summed E-state index contributed by atoms with van der Waals surface area (Å²) in [5, 5.41) is 10.7. The first-order chi connectivity index (χ1) is 28.3. The van der Waals surface area contributed by atoms with Crippen LogP contribution in [0.5, 0.6) is 0 Å². The Bertz CT molecular complexity index is 3630. The van der Waals surface area contributed by atoms with Crippen LogP contribution < -0.4 is 0 Å². The molecule has 2 nitrogen and oxygen atoms in total.